The van der Waals surface area contributed by atoms with Gasteiger partial charge in [0.1, 0.15) is 5.75 Å². The van der Waals surface area contributed by atoms with E-state index < -0.39 is 0 Å². The normalized spacial score (nSPS) is 19.9. The molecule has 0 spiro atoms. The summed E-state index contributed by atoms with van der Waals surface area (Å²) < 4.78 is 6.02. The Morgan fingerprint density at radius 2 is 2.38 bits per heavy atom. The van der Waals surface area contributed by atoms with Crippen molar-refractivity contribution in [2.75, 3.05) is 25.5 Å². The van der Waals surface area contributed by atoms with E-state index in [9.17, 15) is 4.79 Å². The molecule has 0 bridgehead atoms. The lowest BCUT2D eigenvalue weighted by Crippen LogP contribution is -2.34. The zero-order valence-corrected chi connectivity index (χ0v) is 14.2. The third kappa shape index (κ3) is 4.71. The Labute approximate surface area is 134 Å². The Hall–Kier alpha value is -1.07. The number of anilines is 1. The maximum atomic E-state index is 12.2. The minimum atomic E-state index is 0.0742. The predicted molar refractivity (Wildman–Crippen MR) is 88.7 cm³/mol. The molecule has 0 aromatic heterocycles. The highest BCUT2D eigenvalue weighted by Gasteiger charge is 2.22. The summed E-state index contributed by atoms with van der Waals surface area (Å²) >= 11 is 3.43. The molecule has 1 saturated heterocycles. The lowest BCUT2D eigenvalue weighted by Gasteiger charge is -2.28. The van der Waals surface area contributed by atoms with Crippen LogP contribution in [0.15, 0.2) is 22.7 Å². The molecule has 2 N–H and O–H groups in total. The van der Waals surface area contributed by atoms with Gasteiger partial charge in [-0.25, -0.2) is 0 Å². The zero-order valence-electron chi connectivity index (χ0n) is 12.6. The molecule has 2 unspecified atom stereocenters. The van der Waals surface area contributed by atoms with Gasteiger partial charge in [-0.1, -0.05) is 6.92 Å². The number of amides is 1. The molecular formula is C16H23BrN2O2. The number of ether oxygens (including phenoxy) is 1. The summed E-state index contributed by atoms with van der Waals surface area (Å²) in [7, 11) is 1.62. The molecule has 5 heteroatoms. The lowest BCUT2D eigenvalue weighted by molar-refractivity contribution is -0.117. The van der Waals surface area contributed by atoms with Gasteiger partial charge in [-0.3, -0.25) is 4.79 Å². The van der Waals surface area contributed by atoms with Crippen molar-refractivity contribution in [3.63, 3.8) is 0 Å². The van der Waals surface area contributed by atoms with Gasteiger partial charge in [0.25, 0.3) is 0 Å². The standard InChI is InChI=1S/C16H23BrN2O2/c1-11(12-4-3-7-18-10-12)8-16(20)19-13-5-6-15(21-2)14(17)9-13/h5-6,9,11-12,18H,3-4,7-8,10H2,1-2H3,(H,19,20). The topological polar surface area (TPSA) is 50.4 Å². The minimum absolute atomic E-state index is 0.0742. The second kappa shape index (κ2) is 7.80. The molecule has 1 aliphatic heterocycles. The molecule has 1 aliphatic rings. The van der Waals surface area contributed by atoms with Crippen LogP contribution in [0.3, 0.4) is 0 Å². The van der Waals surface area contributed by atoms with Crippen LogP contribution in [0.5, 0.6) is 5.75 Å². The SMILES string of the molecule is COc1ccc(NC(=O)CC(C)C2CCCNC2)cc1Br. The van der Waals surface area contributed by atoms with Crippen molar-refractivity contribution < 1.29 is 9.53 Å². The van der Waals surface area contributed by atoms with Crippen LogP contribution in [0, 0.1) is 11.8 Å². The Bertz CT molecular complexity index is 487. The van der Waals surface area contributed by atoms with Crippen LogP contribution in [0.2, 0.25) is 0 Å². The number of piperidine rings is 1. The summed E-state index contributed by atoms with van der Waals surface area (Å²) in [6.45, 7) is 4.30. The van der Waals surface area contributed by atoms with E-state index in [4.69, 9.17) is 4.74 Å². The van der Waals surface area contributed by atoms with Crippen molar-refractivity contribution in [3.8, 4) is 5.75 Å². The van der Waals surface area contributed by atoms with Gasteiger partial charge in [-0.2, -0.15) is 0 Å². The summed E-state index contributed by atoms with van der Waals surface area (Å²) in [4.78, 5) is 12.2. The molecule has 0 saturated carbocycles. The maximum absolute atomic E-state index is 12.2. The van der Waals surface area contributed by atoms with Gasteiger partial charge in [0.2, 0.25) is 5.91 Å². The first kappa shape index (κ1) is 16.3. The Balaban J connectivity index is 1.87. The van der Waals surface area contributed by atoms with Crippen LogP contribution in [0.1, 0.15) is 26.2 Å². The number of hydrogen-bond donors (Lipinski definition) is 2. The molecule has 2 atom stereocenters. The number of nitrogens with one attached hydrogen (secondary N) is 2. The van der Waals surface area contributed by atoms with Crippen molar-refractivity contribution in [1.29, 1.82) is 0 Å². The lowest BCUT2D eigenvalue weighted by atomic mass is 9.85. The Kier molecular flexibility index (Phi) is 6.06. The molecular weight excluding hydrogens is 332 g/mol. The first-order chi connectivity index (χ1) is 10.1. The number of benzene rings is 1. The highest BCUT2D eigenvalue weighted by atomic mass is 79.9. The number of hydrogen-bond acceptors (Lipinski definition) is 3. The van der Waals surface area contributed by atoms with Gasteiger partial charge >= 0.3 is 0 Å². The molecule has 2 rings (SSSR count). The van der Waals surface area contributed by atoms with Crippen molar-refractivity contribution in [3.05, 3.63) is 22.7 Å². The molecule has 0 aliphatic carbocycles. The molecule has 0 radical (unpaired) electrons. The fourth-order valence-electron chi connectivity index (χ4n) is 2.78. The third-order valence-electron chi connectivity index (χ3n) is 4.08. The highest BCUT2D eigenvalue weighted by molar-refractivity contribution is 9.10. The van der Waals surface area contributed by atoms with Gasteiger partial charge < -0.3 is 15.4 Å². The quantitative estimate of drug-likeness (QED) is 0.851. The Morgan fingerprint density at radius 3 is 3.00 bits per heavy atom. The van der Waals surface area contributed by atoms with E-state index >= 15 is 0 Å². The monoisotopic (exact) mass is 354 g/mol. The van der Waals surface area contributed by atoms with Crippen LogP contribution >= 0.6 is 15.9 Å². The van der Waals surface area contributed by atoms with E-state index in [1.165, 1.54) is 12.8 Å². The molecule has 116 valence electrons. The molecule has 1 amide bonds. The van der Waals surface area contributed by atoms with E-state index in [0.29, 0.717) is 18.3 Å². The van der Waals surface area contributed by atoms with E-state index in [-0.39, 0.29) is 5.91 Å². The number of rotatable bonds is 5. The van der Waals surface area contributed by atoms with E-state index in [1.54, 1.807) is 7.11 Å². The number of carbonyl (C=O) groups excluding carboxylic acids is 1. The van der Waals surface area contributed by atoms with Gasteiger partial charge in [0, 0.05) is 12.1 Å². The van der Waals surface area contributed by atoms with Crippen molar-refractivity contribution >= 4 is 27.5 Å². The van der Waals surface area contributed by atoms with E-state index in [2.05, 4.69) is 33.5 Å². The van der Waals surface area contributed by atoms with Crippen molar-refractivity contribution in [1.82, 2.24) is 5.32 Å². The second-order valence-electron chi connectivity index (χ2n) is 5.69. The fourth-order valence-corrected chi connectivity index (χ4v) is 3.32. The van der Waals surface area contributed by atoms with Crippen molar-refractivity contribution in [2.45, 2.75) is 26.2 Å². The molecule has 4 nitrogen and oxygen atoms in total. The van der Waals surface area contributed by atoms with Crippen molar-refractivity contribution in [2.24, 2.45) is 11.8 Å². The molecule has 21 heavy (non-hydrogen) atoms. The summed E-state index contributed by atoms with van der Waals surface area (Å²) in [5.41, 5.74) is 0.793. The van der Waals surface area contributed by atoms with Gasteiger partial charge in [0.05, 0.1) is 11.6 Å². The van der Waals surface area contributed by atoms with Crippen LogP contribution in [-0.4, -0.2) is 26.1 Å². The van der Waals surface area contributed by atoms with E-state index in [0.717, 1.165) is 29.0 Å². The summed E-state index contributed by atoms with van der Waals surface area (Å²) in [5.74, 6) is 1.84. The van der Waals surface area contributed by atoms with Crippen LogP contribution < -0.4 is 15.4 Å². The number of methoxy groups -OCH3 is 1. The smallest absolute Gasteiger partial charge is 0.224 e. The fraction of sp³-hybridized carbons (Fsp3) is 0.562. The summed E-state index contributed by atoms with van der Waals surface area (Å²) in [6.07, 6.45) is 2.99. The average molecular weight is 355 g/mol. The largest absolute Gasteiger partial charge is 0.496 e. The minimum Gasteiger partial charge on any atom is -0.496 e. The van der Waals surface area contributed by atoms with Crippen LogP contribution in [0.25, 0.3) is 0 Å². The highest BCUT2D eigenvalue weighted by Crippen LogP contribution is 2.28. The molecule has 1 fully saturated rings. The van der Waals surface area contributed by atoms with Crippen LogP contribution in [-0.2, 0) is 4.79 Å². The van der Waals surface area contributed by atoms with Gasteiger partial charge in [-0.05, 0) is 71.9 Å². The first-order valence-electron chi connectivity index (χ1n) is 7.44. The van der Waals surface area contributed by atoms with E-state index in [1.807, 2.05) is 18.2 Å². The number of halogens is 1. The average Bonchev–Trinajstić information content (AvgIpc) is 2.48. The Morgan fingerprint density at radius 1 is 1.57 bits per heavy atom. The summed E-state index contributed by atoms with van der Waals surface area (Å²) in [5, 5.41) is 6.37. The zero-order chi connectivity index (χ0) is 15.2. The molecule has 1 aromatic rings. The molecule has 1 heterocycles. The predicted octanol–water partition coefficient (Wildman–Crippen LogP) is 3.42. The van der Waals surface area contributed by atoms with Gasteiger partial charge in [-0.15, -0.1) is 0 Å². The number of carbonyl (C=O) groups is 1. The molecule has 1 aromatic carbocycles. The third-order valence-corrected chi connectivity index (χ3v) is 4.70. The summed E-state index contributed by atoms with van der Waals surface area (Å²) in [6, 6.07) is 5.56. The second-order valence-corrected chi connectivity index (χ2v) is 6.54. The van der Waals surface area contributed by atoms with Gasteiger partial charge in [0.15, 0.2) is 0 Å². The first-order valence-corrected chi connectivity index (χ1v) is 8.23. The van der Waals surface area contributed by atoms with Crippen LogP contribution in [0.4, 0.5) is 5.69 Å². The maximum Gasteiger partial charge on any atom is 0.224 e.